The quantitative estimate of drug-likeness (QED) is 0.476. The van der Waals surface area contributed by atoms with Crippen molar-refractivity contribution >= 4 is 0 Å². The summed E-state index contributed by atoms with van der Waals surface area (Å²) in [7, 11) is 0. The fourth-order valence-electron chi connectivity index (χ4n) is 0.443. The molecule has 0 aromatic carbocycles. The van der Waals surface area contributed by atoms with Crippen LogP contribution in [0, 0.1) is 11.8 Å². The van der Waals surface area contributed by atoms with Crippen LogP contribution in [0.2, 0.25) is 0 Å². The van der Waals surface area contributed by atoms with Crippen molar-refractivity contribution in [1.82, 2.24) is 0 Å². The molecule has 0 aromatic heterocycles. The Morgan fingerprint density at radius 2 is 1.27 bits per heavy atom. The van der Waals surface area contributed by atoms with Gasteiger partial charge in [-0.3, -0.25) is 0 Å². The summed E-state index contributed by atoms with van der Waals surface area (Å²) in [5.74, 6) is 1.25. The molecule has 0 saturated heterocycles. The molecule has 3 heteroatoms. The van der Waals surface area contributed by atoms with Crippen LogP contribution in [-0.2, 0) is 26.6 Å². The van der Waals surface area contributed by atoms with Gasteiger partial charge in [0.2, 0.25) is 0 Å². The van der Waals surface area contributed by atoms with Crippen molar-refractivity contribution in [3.63, 3.8) is 0 Å². The first-order chi connectivity index (χ1) is 5.13. The molecule has 64 valence electrons. The predicted molar refractivity (Wildman–Crippen MR) is 41.6 cm³/mol. The third-order valence-electron chi connectivity index (χ3n) is 0.951. The molecule has 0 aliphatic rings. The van der Waals surface area contributed by atoms with Crippen molar-refractivity contribution in [2.24, 2.45) is 11.8 Å². The summed E-state index contributed by atoms with van der Waals surface area (Å²) >= 11 is -0.563. The van der Waals surface area contributed by atoms with Gasteiger partial charge in [-0.15, -0.1) is 0 Å². The van der Waals surface area contributed by atoms with E-state index in [1.807, 2.05) is 0 Å². The van der Waals surface area contributed by atoms with Crippen LogP contribution in [0.1, 0.15) is 27.7 Å². The third-order valence-corrected chi connectivity index (χ3v) is 1.84. The van der Waals surface area contributed by atoms with E-state index in [2.05, 4.69) is 27.7 Å². The molecule has 0 saturated carbocycles. The molecule has 0 aliphatic carbocycles. The average Bonchev–Trinajstić information content (AvgIpc) is 1.85. The van der Waals surface area contributed by atoms with E-state index in [1.54, 1.807) is 0 Å². The zero-order chi connectivity index (χ0) is 8.69. The van der Waals surface area contributed by atoms with Crippen LogP contribution in [0.4, 0.5) is 0 Å². The Hall–Kier alpha value is 0.634. The summed E-state index contributed by atoms with van der Waals surface area (Å²) in [6.07, 6.45) is 0. The first-order valence-corrected chi connectivity index (χ1v) is 5.39. The monoisotopic (exact) mass is 194 g/mol. The van der Waals surface area contributed by atoms with Gasteiger partial charge in [0.05, 0.1) is 0 Å². The van der Waals surface area contributed by atoms with Gasteiger partial charge in [-0.2, -0.15) is 0 Å². The first-order valence-electron chi connectivity index (χ1n) is 4.11. The van der Waals surface area contributed by atoms with E-state index >= 15 is 0 Å². The molecular weight excluding hydrogens is 176 g/mol. The molecule has 0 bridgehead atoms. The first kappa shape index (κ1) is 11.6. The molecule has 0 unspecified atom stereocenters. The molecule has 0 aromatic rings. The van der Waals surface area contributed by atoms with Crippen molar-refractivity contribution < 1.29 is 26.6 Å². The van der Waals surface area contributed by atoms with Crippen molar-refractivity contribution in [3.8, 4) is 0 Å². The van der Waals surface area contributed by atoms with Gasteiger partial charge in [-0.25, -0.2) is 0 Å². The number of hydrogen-bond acceptors (Lipinski definition) is 2. The predicted octanol–water partition coefficient (Wildman–Crippen LogP) is 2.24. The Morgan fingerprint density at radius 1 is 0.909 bits per heavy atom. The molecular formula is C8H18O2Ti+2. The van der Waals surface area contributed by atoms with Crippen LogP contribution in [0.5, 0.6) is 0 Å². The molecule has 0 radical (unpaired) electrons. The Labute approximate surface area is 79.5 Å². The zero-order valence-corrected chi connectivity index (χ0v) is 9.45. The zero-order valence-electron chi connectivity index (χ0n) is 7.89. The summed E-state index contributed by atoms with van der Waals surface area (Å²) in [5, 5.41) is 0. The van der Waals surface area contributed by atoms with Gasteiger partial charge in [0.25, 0.3) is 0 Å². The molecule has 0 rings (SSSR count). The van der Waals surface area contributed by atoms with Crippen LogP contribution in [0.15, 0.2) is 0 Å². The molecule has 0 N–H and O–H groups in total. The van der Waals surface area contributed by atoms with Crippen molar-refractivity contribution in [3.05, 3.63) is 0 Å². The van der Waals surface area contributed by atoms with Gasteiger partial charge in [0.1, 0.15) is 0 Å². The molecule has 0 atom stereocenters. The second-order valence-corrected chi connectivity index (χ2v) is 4.65. The second kappa shape index (κ2) is 7.29. The van der Waals surface area contributed by atoms with Crippen LogP contribution < -0.4 is 0 Å². The van der Waals surface area contributed by atoms with Gasteiger partial charge in [-0.05, 0) is 0 Å². The van der Waals surface area contributed by atoms with Crippen molar-refractivity contribution in [1.29, 1.82) is 0 Å². The van der Waals surface area contributed by atoms with E-state index in [-0.39, 0.29) is 0 Å². The Kier molecular flexibility index (Phi) is 7.71. The van der Waals surface area contributed by atoms with E-state index in [9.17, 15) is 0 Å². The fourth-order valence-corrected chi connectivity index (χ4v) is 1.83. The normalized spacial score (nSPS) is 10.7. The molecule has 2 nitrogen and oxygen atoms in total. The average molecular weight is 194 g/mol. The van der Waals surface area contributed by atoms with Crippen molar-refractivity contribution in [2.45, 2.75) is 27.7 Å². The van der Waals surface area contributed by atoms with Gasteiger partial charge in [-0.1, -0.05) is 0 Å². The van der Waals surface area contributed by atoms with Gasteiger partial charge in [0, 0.05) is 0 Å². The molecule has 0 aliphatic heterocycles. The number of hydrogen-bond donors (Lipinski definition) is 0. The van der Waals surface area contributed by atoms with Crippen LogP contribution >= 0.6 is 0 Å². The van der Waals surface area contributed by atoms with Crippen LogP contribution in [-0.4, -0.2) is 13.2 Å². The molecule has 0 spiro atoms. The summed E-state index contributed by atoms with van der Waals surface area (Å²) in [5.41, 5.74) is 0. The SMILES string of the molecule is CC(C)C[O][Ti+2][O]CC(C)C. The van der Waals surface area contributed by atoms with Gasteiger partial charge < -0.3 is 0 Å². The molecule has 11 heavy (non-hydrogen) atoms. The summed E-state index contributed by atoms with van der Waals surface area (Å²) in [4.78, 5) is 0. The number of rotatable bonds is 6. The third kappa shape index (κ3) is 10.6. The minimum atomic E-state index is -0.563. The summed E-state index contributed by atoms with van der Waals surface area (Å²) < 4.78 is 10.7. The summed E-state index contributed by atoms with van der Waals surface area (Å²) in [6.45, 7) is 10.3. The van der Waals surface area contributed by atoms with E-state index in [4.69, 9.17) is 6.64 Å². The van der Waals surface area contributed by atoms with E-state index < -0.39 is 19.9 Å². The van der Waals surface area contributed by atoms with E-state index in [0.29, 0.717) is 11.8 Å². The Morgan fingerprint density at radius 3 is 1.55 bits per heavy atom. The molecule has 0 heterocycles. The van der Waals surface area contributed by atoms with Gasteiger partial charge >= 0.3 is 79.3 Å². The van der Waals surface area contributed by atoms with Crippen LogP contribution in [0.25, 0.3) is 0 Å². The maximum absolute atomic E-state index is 5.35. The standard InChI is InChI=1S/2C4H9O.Ti/c2*1-4(2)3-5;/h2*4H,3H2,1-2H3;/q2*-1;+4. The minimum absolute atomic E-state index is 0.563. The Balaban J connectivity index is 2.91. The van der Waals surface area contributed by atoms with E-state index in [1.165, 1.54) is 0 Å². The maximum atomic E-state index is 5.35. The van der Waals surface area contributed by atoms with Gasteiger partial charge in [0.15, 0.2) is 0 Å². The summed E-state index contributed by atoms with van der Waals surface area (Å²) in [6, 6.07) is 0. The second-order valence-electron chi connectivity index (χ2n) is 3.49. The van der Waals surface area contributed by atoms with Crippen LogP contribution in [0.3, 0.4) is 0 Å². The van der Waals surface area contributed by atoms with E-state index in [0.717, 1.165) is 13.2 Å². The van der Waals surface area contributed by atoms with Crippen molar-refractivity contribution in [2.75, 3.05) is 13.2 Å². The topological polar surface area (TPSA) is 18.5 Å². The molecule has 0 fully saturated rings. The molecule has 0 amide bonds. The Bertz CT molecular complexity index is 74.2. The fraction of sp³-hybridized carbons (Fsp3) is 1.00.